The van der Waals surface area contributed by atoms with Gasteiger partial charge in [0.2, 0.25) is 11.8 Å². The maximum absolute atomic E-state index is 13.8. The number of hydrogen-bond donors (Lipinski definition) is 2. The third kappa shape index (κ3) is 6.09. The molecule has 8 unspecified atom stereocenters. The molecule has 2 N–H and O–H groups in total. The van der Waals surface area contributed by atoms with E-state index in [0.717, 1.165) is 38.6 Å². The molecule has 3 aliphatic carbocycles. The van der Waals surface area contributed by atoms with Crippen molar-refractivity contribution >= 4 is 11.8 Å². The lowest BCUT2D eigenvalue weighted by Gasteiger charge is -2.42. The Labute approximate surface area is 210 Å². The van der Waals surface area contributed by atoms with Crippen LogP contribution in [0.5, 0.6) is 0 Å². The minimum Gasteiger partial charge on any atom is -0.393 e. The van der Waals surface area contributed by atoms with Gasteiger partial charge in [-0.25, -0.2) is 0 Å². The van der Waals surface area contributed by atoms with Crippen LogP contribution >= 0.6 is 0 Å². The summed E-state index contributed by atoms with van der Waals surface area (Å²) in [4.78, 5) is 32.4. The van der Waals surface area contributed by atoms with Gasteiger partial charge >= 0.3 is 0 Å². The molecule has 0 aromatic carbocycles. The molecule has 0 bridgehead atoms. The third-order valence-corrected chi connectivity index (χ3v) is 8.83. The van der Waals surface area contributed by atoms with E-state index < -0.39 is 24.2 Å². The molecule has 3 saturated carbocycles. The number of ether oxygens (including phenoxy) is 1. The summed E-state index contributed by atoms with van der Waals surface area (Å²) in [6.45, 7) is 4.54. The summed E-state index contributed by atoms with van der Waals surface area (Å²) in [5.74, 6) is 0.295. The van der Waals surface area contributed by atoms with Crippen LogP contribution in [0.4, 0.5) is 0 Å². The molecule has 1 heterocycles. The minimum atomic E-state index is -0.901. The first-order valence-electron chi connectivity index (χ1n) is 13.5. The molecule has 2 amide bonds. The summed E-state index contributed by atoms with van der Waals surface area (Å²) < 4.78 is 6.19. The highest BCUT2D eigenvalue weighted by Gasteiger charge is 2.51. The number of aliphatic hydroxyl groups excluding tert-OH is 2. The van der Waals surface area contributed by atoms with Crippen molar-refractivity contribution in [2.45, 2.75) is 69.8 Å². The Morgan fingerprint density at radius 2 is 1.80 bits per heavy atom. The smallest absolute Gasteiger partial charge is 0.246 e. The monoisotopic (exact) mass is 491 g/mol. The fourth-order valence-corrected chi connectivity index (χ4v) is 6.42. The maximum atomic E-state index is 13.8. The van der Waals surface area contributed by atoms with Gasteiger partial charge in [-0.3, -0.25) is 9.59 Å². The molecular weight excluding hydrogens is 446 g/mol. The highest BCUT2D eigenvalue weighted by molar-refractivity contribution is 5.87. The van der Waals surface area contributed by atoms with Crippen molar-refractivity contribution in [3.8, 4) is 0 Å². The van der Waals surface area contributed by atoms with Gasteiger partial charge in [-0.1, -0.05) is 19.4 Å². The van der Waals surface area contributed by atoms with E-state index in [1.54, 1.807) is 6.08 Å². The van der Waals surface area contributed by atoms with E-state index in [9.17, 15) is 19.8 Å². The van der Waals surface area contributed by atoms with E-state index >= 15 is 0 Å². The molecule has 0 aromatic heterocycles. The second kappa shape index (κ2) is 11.3. The Morgan fingerprint density at radius 1 is 1.06 bits per heavy atom. The Bertz CT molecular complexity index is 785. The van der Waals surface area contributed by atoms with Gasteiger partial charge in [0.1, 0.15) is 0 Å². The van der Waals surface area contributed by atoms with Crippen molar-refractivity contribution < 1.29 is 24.5 Å². The molecule has 1 aliphatic heterocycles. The summed E-state index contributed by atoms with van der Waals surface area (Å²) in [5, 5.41) is 21.3. The molecule has 35 heavy (non-hydrogen) atoms. The summed E-state index contributed by atoms with van der Waals surface area (Å²) in [6.07, 6.45) is 7.10. The molecule has 0 radical (unpaired) electrons. The predicted molar refractivity (Wildman–Crippen MR) is 133 cm³/mol. The van der Waals surface area contributed by atoms with E-state index in [2.05, 4.69) is 0 Å². The number of hydrogen-bond acceptors (Lipinski definition) is 6. The Kier molecular flexibility index (Phi) is 8.57. The number of likely N-dealkylation sites (tertiary alicyclic amines) is 1. The molecule has 4 fully saturated rings. The van der Waals surface area contributed by atoms with Gasteiger partial charge in [0.25, 0.3) is 0 Å². The van der Waals surface area contributed by atoms with Crippen LogP contribution in [-0.4, -0.2) is 108 Å². The maximum Gasteiger partial charge on any atom is 0.246 e. The van der Waals surface area contributed by atoms with E-state index in [1.807, 2.05) is 48.8 Å². The highest BCUT2D eigenvalue weighted by Crippen LogP contribution is 2.41. The second-order valence-corrected chi connectivity index (χ2v) is 11.8. The Balaban J connectivity index is 1.43. The van der Waals surface area contributed by atoms with Gasteiger partial charge in [-0.2, -0.15) is 0 Å². The van der Waals surface area contributed by atoms with Crippen LogP contribution in [0.3, 0.4) is 0 Å². The first kappa shape index (κ1) is 26.6. The zero-order valence-electron chi connectivity index (χ0n) is 21.9. The highest BCUT2D eigenvalue weighted by atomic mass is 16.5. The lowest BCUT2D eigenvalue weighted by Crippen LogP contribution is -2.55. The lowest BCUT2D eigenvalue weighted by molar-refractivity contribution is -0.167. The van der Waals surface area contributed by atoms with Crippen molar-refractivity contribution in [1.29, 1.82) is 0 Å². The summed E-state index contributed by atoms with van der Waals surface area (Å²) in [7, 11) is 5.83. The van der Waals surface area contributed by atoms with Gasteiger partial charge < -0.3 is 29.6 Å². The van der Waals surface area contributed by atoms with Crippen LogP contribution in [0.2, 0.25) is 0 Å². The number of carbonyl (C=O) groups excluding carboxylic acids is 2. The van der Waals surface area contributed by atoms with Crippen LogP contribution in [0, 0.1) is 29.6 Å². The lowest BCUT2D eigenvalue weighted by atomic mass is 9.75. The quantitative estimate of drug-likeness (QED) is 0.498. The van der Waals surface area contributed by atoms with Crippen molar-refractivity contribution in [2.24, 2.45) is 29.6 Å². The van der Waals surface area contributed by atoms with E-state index in [1.165, 1.54) is 0 Å². The van der Waals surface area contributed by atoms with Crippen molar-refractivity contribution in [1.82, 2.24) is 14.7 Å². The largest absolute Gasteiger partial charge is 0.393 e. The summed E-state index contributed by atoms with van der Waals surface area (Å²) >= 11 is 0. The molecule has 4 aliphatic rings. The average Bonchev–Trinajstić information content (AvgIpc) is 3.54. The van der Waals surface area contributed by atoms with Gasteiger partial charge in [0, 0.05) is 63.7 Å². The van der Waals surface area contributed by atoms with Crippen LogP contribution in [0.1, 0.15) is 45.4 Å². The standard InChI is InChI=1S/C27H45N3O5/c1-17-22(31)13-23(32)25(26(17)35-16-18-10-11-18)27(34)30-14-19-7-5-8-21(20(19)15-30)29(4)24(33)9-6-12-28(2)3/h6,9,17-23,25-26,31-32H,5,7-8,10-16H2,1-4H3/b9-6+. The molecule has 0 aromatic rings. The normalized spacial score (nSPS) is 37.6. The van der Waals surface area contributed by atoms with Crippen molar-refractivity contribution in [2.75, 3.05) is 47.4 Å². The fraction of sp³-hybridized carbons (Fsp3) is 0.852. The van der Waals surface area contributed by atoms with Gasteiger partial charge in [0.15, 0.2) is 0 Å². The fourth-order valence-electron chi connectivity index (χ4n) is 6.42. The zero-order valence-corrected chi connectivity index (χ0v) is 21.9. The molecule has 8 heteroatoms. The molecule has 8 nitrogen and oxygen atoms in total. The third-order valence-electron chi connectivity index (χ3n) is 8.83. The molecule has 4 rings (SSSR count). The zero-order chi connectivity index (χ0) is 25.3. The van der Waals surface area contributed by atoms with E-state index in [-0.39, 0.29) is 36.1 Å². The Hall–Kier alpha value is -1.48. The number of fused-ring (bicyclic) bond motifs is 1. The van der Waals surface area contributed by atoms with Crippen LogP contribution in [0.15, 0.2) is 12.2 Å². The molecule has 8 atom stereocenters. The van der Waals surface area contributed by atoms with Gasteiger partial charge in [-0.05, 0) is 51.6 Å². The molecular formula is C27H45N3O5. The first-order chi connectivity index (χ1) is 16.7. The SMILES string of the molecule is CC1C(O)CC(O)C(C(=O)N2CC3CCCC(N(C)C(=O)/C=C/CN(C)C)C3C2)C1OCC1CC1. The number of amides is 2. The van der Waals surface area contributed by atoms with E-state index in [0.29, 0.717) is 31.5 Å². The number of nitrogens with zero attached hydrogens (tertiary/aromatic N) is 3. The number of carbonyl (C=O) groups is 2. The molecule has 198 valence electrons. The number of likely N-dealkylation sites (N-methyl/N-ethyl adjacent to an activating group) is 2. The van der Waals surface area contributed by atoms with Gasteiger partial charge in [-0.15, -0.1) is 0 Å². The topological polar surface area (TPSA) is 93.6 Å². The Morgan fingerprint density at radius 3 is 2.49 bits per heavy atom. The van der Waals surface area contributed by atoms with E-state index in [4.69, 9.17) is 4.74 Å². The average molecular weight is 492 g/mol. The summed E-state index contributed by atoms with van der Waals surface area (Å²) in [6, 6.07) is 0.113. The molecule has 1 saturated heterocycles. The first-order valence-corrected chi connectivity index (χ1v) is 13.5. The summed E-state index contributed by atoms with van der Waals surface area (Å²) in [5.41, 5.74) is 0. The van der Waals surface area contributed by atoms with Crippen LogP contribution in [-0.2, 0) is 14.3 Å². The molecule has 0 spiro atoms. The number of rotatable bonds is 8. The number of aliphatic hydroxyl groups is 2. The van der Waals surface area contributed by atoms with Crippen LogP contribution < -0.4 is 0 Å². The minimum absolute atomic E-state index is 0.0151. The second-order valence-electron chi connectivity index (χ2n) is 11.8. The predicted octanol–water partition coefficient (Wildman–Crippen LogP) is 1.36. The van der Waals surface area contributed by atoms with Crippen LogP contribution in [0.25, 0.3) is 0 Å². The van der Waals surface area contributed by atoms with Crippen molar-refractivity contribution in [3.63, 3.8) is 0 Å². The van der Waals surface area contributed by atoms with Gasteiger partial charge in [0.05, 0.1) is 24.2 Å². The van der Waals surface area contributed by atoms with Crippen molar-refractivity contribution in [3.05, 3.63) is 12.2 Å².